The second-order valence-corrected chi connectivity index (χ2v) is 11.2. The number of hydrogen-bond donors (Lipinski definition) is 2. The van der Waals surface area contributed by atoms with Crippen LogP contribution in [0.15, 0.2) is 42.6 Å². The number of nitrogens with two attached hydrogens (primary N) is 1. The lowest BCUT2D eigenvalue weighted by Crippen LogP contribution is -2.31. The first-order valence-electron chi connectivity index (χ1n) is 10.9. The van der Waals surface area contributed by atoms with Crippen molar-refractivity contribution in [2.75, 3.05) is 25.2 Å². The fraction of sp³-hybridized carbons (Fsp3) is 0.375. The lowest BCUT2D eigenvalue weighted by molar-refractivity contribution is 0.216. The summed E-state index contributed by atoms with van der Waals surface area (Å²) in [5.74, 6) is 0.627. The monoisotopic (exact) mass is 487 g/mol. The second kappa shape index (κ2) is 9.80. The van der Waals surface area contributed by atoms with Gasteiger partial charge in [-0.3, -0.25) is 0 Å². The van der Waals surface area contributed by atoms with Crippen molar-refractivity contribution in [1.29, 1.82) is 0 Å². The Morgan fingerprint density at radius 2 is 2.09 bits per heavy atom. The number of nitrogens with one attached hydrogen (secondary N) is 1. The minimum atomic E-state index is -3.40. The number of fused-ring (bicyclic) bond motifs is 1. The van der Waals surface area contributed by atoms with E-state index in [4.69, 9.17) is 15.2 Å². The lowest BCUT2D eigenvalue weighted by Gasteiger charge is -2.15. The molecular formula is C24H29N3O4S2. The molecule has 0 unspecified atom stereocenters. The third kappa shape index (κ3) is 5.38. The minimum Gasteiger partial charge on any atom is -0.489 e. The van der Waals surface area contributed by atoms with Crippen molar-refractivity contribution in [1.82, 2.24) is 9.71 Å². The number of sulfonamides is 1. The number of anilines is 1. The molecule has 33 heavy (non-hydrogen) atoms. The first-order chi connectivity index (χ1) is 15.8. The first-order valence-corrected chi connectivity index (χ1v) is 13.4. The molecule has 0 spiro atoms. The Balaban J connectivity index is 1.58. The molecule has 7 nitrogen and oxygen atoms in total. The highest BCUT2D eigenvalue weighted by molar-refractivity contribution is 7.89. The molecule has 0 aliphatic heterocycles. The third-order valence-electron chi connectivity index (χ3n) is 5.54. The van der Waals surface area contributed by atoms with Gasteiger partial charge in [-0.1, -0.05) is 18.2 Å². The highest BCUT2D eigenvalue weighted by Gasteiger charge is 2.28. The van der Waals surface area contributed by atoms with E-state index >= 15 is 0 Å². The largest absolute Gasteiger partial charge is 0.489 e. The Kier molecular flexibility index (Phi) is 7.04. The van der Waals surface area contributed by atoms with Gasteiger partial charge in [-0.25, -0.2) is 18.1 Å². The van der Waals surface area contributed by atoms with Gasteiger partial charge in [0.2, 0.25) is 10.0 Å². The summed E-state index contributed by atoms with van der Waals surface area (Å²) in [6.45, 7) is 4.11. The number of hydrogen-bond acceptors (Lipinski definition) is 7. The van der Waals surface area contributed by atoms with E-state index in [-0.39, 0.29) is 24.5 Å². The minimum absolute atomic E-state index is 0.0443. The molecule has 3 N–H and O–H groups in total. The van der Waals surface area contributed by atoms with Gasteiger partial charge in [0.15, 0.2) is 0 Å². The van der Waals surface area contributed by atoms with E-state index in [1.165, 1.54) is 12.7 Å². The van der Waals surface area contributed by atoms with Gasteiger partial charge in [0.1, 0.15) is 10.8 Å². The van der Waals surface area contributed by atoms with Crippen molar-refractivity contribution in [3.8, 4) is 26.8 Å². The van der Waals surface area contributed by atoms with Crippen LogP contribution in [0, 0.1) is 0 Å². The van der Waals surface area contributed by atoms with Gasteiger partial charge in [0.05, 0.1) is 29.0 Å². The number of nitrogen functional groups attached to an aromatic ring is 1. The fourth-order valence-electron chi connectivity index (χ4n) is 4.05. The van der Waals surface area contributed by atoms with Crippen LogP contribution in [0.5, 0.6) is 5.75 Å². The molecule has 0 bridgehead atoms. The standard InChI is InChI=1S/C24H29N3O4S2/c1-15(2)31-22-10-7-16(13-20(22)25)24-26-14-23(32-24)19-6-4-5-18-17(19)8-9-21(18)27-33(28,29)12-11-30-3/h4-7,10,13-15,21,27H,8-9,11-12,25H2,1-3H3/t21-/m0/s1. The Hall–Kier alpha value is -2.46. The average Bonchev–Trinajstić information content (AvgIpc) is 3.41. The summed E-state index contributed by atoms with van der Waals surface area (Å²) < 4.78 is 38.2. The Bertz CT molecular complexity index is 1240. The highest BCUT2D eigenvalue weighted by atomic mass is 32.2. The summed E-state index contributed by atoms with van der Waals surface area (Å²) in [4.78, 5) is 5.68. The van der Waals surface area contributed by atoms with Gasteiger partial charge in [0.25, 0.3) is 0 Å². The van der Waals surface area contributed by atoms with Crippen LogP contribution in [0.4, 0.5) is 5.69 Å². The molecule has 1 aliphatic rings. The van der Waals surface area contributed by atoms with Crippen LogP contribution in [0.1, 0.15) is 37.4 Å². The van der Waals surface area contributed by atoms with E-state index < -0.39 is 10.0 Å². The zero-order valence-corrected chi connectivity index (χ0v) is 20.6. The molecule has 4 rings (SSSR count). The maximum Gasteiger partial charge on any atom is 0.214 e. The number of nitrogens with zero attached hydrogens (tertiary/aromatic N) is 1. The maximum absolute atomic E-state index is 12.4. The van der Waals surface area contributed by atoms with Crippen molar-refractivity contribution >= 4 is 27.0 Å². The van der Waals surface area contributed by atoms with Gasteiger partial charge in [-0.2, -0.15) is 0 Å². The Labute approximate surface area is 199 Å². The van der Waals surface area contributed by atoms with Crippen LogP contribution in [0.2, 0.25) is 0 Å². The summed E-state index contributed by atoms with van der Waals surface area (Å²) in [5.41, 5.74) is 11.0. The van der Waals surface area contributed by atoms with Gasteiger partial charge in [-0.05, 0) is 61.6 Å². The molecule has 0 saturated heterocycles. The molecule has 1 aliphatic carbocycles. The van der Waals surface area contributed by atoms with E-state index in [1.807, 2.05) is 50.4 Å². The molecule has 0 saturated carbocycles. The normalized spacial score (nSPS) is 15.7. The van der Waals surface area contributed by atoms with Crippen LogP contribution < -0.4 is 15.2 Å². The SMILES string of the molecule is COCCS(=O)(=O)N[C@H]1CCc2c(-c3cnc(-c4ccc(OC(C)C)c(N)c4)s3)cccc21. The molecule has 9 heteroatoms. The number of thiazole rings is 1. The van der Waals surface area contributed by atoms with E-state index in [0.717, 1.165) is 39.4 Å². The van der Waals surface area contributed by atoms with Gasteiger partial charge in [-0.15, -0.1) is 11.3 Å². The predicted molar refractivity (Wildman–Crippen MR) is 133 cm³/mol. The number of ether oxygens (including phenoxy) is 2. The summed E-state index contributed by atoms with van der Waals surface area (Å²) in [6.07, 6.45) is 3.47. The number of aromatic nitrogens is 1. The summed E-state index contributed by atoms with van der Waals surface area (Å²) in [7, 11) is -1.90. The molecule has 1 heterocycles. The van der Waals surface area contributed by atoms with Crippen LogP contribution in [0.3, 0.4) is 0 Å². The number of rotatable bonds is 9. The van der Waals surface area contributed by atoms with Crippen molar-refractivity contribution in [2.24, 2.45) is 0 Å². The quantitative estimate of drug-likeness (QED) is 0.434. The maximum atomic E-state index is 12.4. The van der Waals surface area contributed by atoms with Crippen molar-refractivity contribution in [2.45, 2.75) is 38.8 Å². The molecule has 0 radical (unpaired) electrons. The molecule has 3 aromatic rings. The average molecular weight is 488 g/mol. The van der Waals surface area contributed by atoms with E-state index in [0.29, 0.717) is 11.4 Å². The van der Waals surface area contributed by atoms with Crippen molar-refractivity contribution in [3.63, 3.8) is 0 Å². The summed E-state index contributed by atoms with van der Waals surface area (Å²) in [6, 6.07) is 11.6. The van der Waals surface area contributed by atoms with E-state index in [2.05, 4.69) is 15.8 Å². The lowest BCUT2D eigenvalue weighted by atomic mass is 10.0. The fourth-order valence-corrected chi connectivity index (χ4v) is 6.20. The van der Waals surface area contributed by atoms with Crippen LogP contribution in [0.25, 0.3) is 21.0 Å². The van der Waals surface area contributed by atoms with Gasteiger partial charge in [0, 0.05) is 24.9 Å². The van der Waals surface area contributed by atoms with Crippen LogP contribution in [-0.4, -0.2) is 39.0 Å². The molecule has 176 valence electrons. The van der Waals surface area contributed by atoms with Crippen LogP contribution in [-0.2, 0) is 21.2 Å². The molecule has 0 amide bonds. The highest BCUT2D eigenvalue weighted by Crippen LogP contribution is 2.41. The summed E-state index contributed by atoms with van der Waals surface area (Å²) >= 11 is 1.60. The molecule has 0 fully saturated rings. The van der Waals surface area contributed by atoms with Gasteiger partial charge >= 0.3 is 0 Å². The Morgan fingerprint density at radius 3 is 2.82 bits per heavy atom. The second-order valence-electron chi connectivity index (χ2n) is 8.34. The zero-order chi connectivity index (χ0) is 23.6. The van der Waals surface area contributed by atoms with E-state index in [1.54, 1.807) is 11.3 Å². The van der Waals surface area contributed by atoms with Crippen molar-refractivity contribution < 1.29 is 17.9 Å². The first kappa shape index (κ1) is 23.7. The molecule has 2 aromatic carbocycles. The Morgan fingerprint density at radius 1 is 1.27 bits per heavy atom. The predicted octanol–water partition coefficient (Wildman–Crippen LogP) is 4.40. The number of benzene rings is 2. The van der Waals surface area contributed by atoms with Crippen LogP contribution >= 0.6 is 11.3 Å². The molecular weight excluding hydrogens is 458 g/mol. The molecule has 1 atom stereocenters. The van der Waals surface area contributed by atoms with Crippen molar-refractivity contribution in [3.05, 3.63) is 53.7 Å². The number of methoxy groups -OCH3 is 1. The topological polar surface area (TPSA) is 104 Å². The third-order valence-corrected chi connectivity index (χ3v) is 7.97. The summed E-state index contributed by atoms with van der Waals surface area (Å²) in [5, 5.41) is 0.875. The molecule has 1 aromatic heterocycles. The zero-order valence-electron chi connectivity index (χ0n) is 19.0. The smallest absolute Gasteiger partial charge is 0.214 e. The van der Waals surface area contributed by atoms with E-state index in [9.17, 15) is 8.42 Å². The van der Waals surface area contributed by atoms with Gasteiger partial charge < -0.3 is 15.2 Å².